The first-order valence-corrected chi connectivity index (χ1v) is 6.15. The van der Waals surface area contributed by atoms with Crippen LogP contribution in [0, 0.1) is 5.92 Å². The molecule has 4 heteroatoms. The van der Waals surface area contributed by atoms with Crippen LogP contribution in [-0.2, 0) is 11.3 Å². The van der Waals surface area contributed by atoms with Crippen LogP contribution in [0.2, 0.25) is 0 Å². The van der Waals surface area contributed by atoms with Gasteiger partial charge in [0, 0.05) is 30.9 Å². The SMILES string of the molecule is CC1CC(C(=O)NCc2ccncc2)CCN1. The zero-order valence-electron chi connectivity index (χ0n) is 10.1. The Bertz CT molecular complexity index is 366. The molecule has 2 N–H and O–H groups in total. The molecule has 17 heavy (non-hydrogen) atoms. The highest BCUT2D eigenvalue weighted by molar-refractivity contribution is 5.78. The summed E-state index contributed by atoms with van der Waals surface area (Å²) in [6.45, 7) is 3.66. The van der Waals surface area contributed by atoms with Gasteiger partial charge in [-0.3, -0.25) is 9.78 Å². The molecule has 4 nitrogen and oxygen atoms in total. The maximum absolute atomic E-state index is 12.0. The number of nitrogens with one attached hydrogen (secondary N) is 2. The molecular weight excluding hydrogens is 214 g/mol. The molecule has 0 bridgehead atoms. The highest BCUT2D eigenvalue weighted by atomic mass is 16.1. The van der Waals surface area contributed by atoms with E-state index in [4.69, 9.17) is 0 Å². The van der Waals surface area contributed by atoms with Crippen molar-refractivity contribution in [2.24, 2.45) is 5.92 Å². The molecule has 0 spiro atoms. The average molecular weight is 233 g/mol. The van der Waals surface area contributed by atoms with Gasteiger partial charge in [-0.2, -0.15) is 0 Å². The van der Waals surface area contributed by atoms with Crippen molar-refractivity contribution in [1.82, 2.24) is 15.6 Å². The summed E-state index contributed by atoms with van der Waals surface area (Å²) in [7, 11) is 0. The van der Waals surface area contributed by atoms with E-state index in [1.807, 2.05) is 12.1 Å². The molecule has 1 saturated heterocycles. The van der Waals surface area contributed by atoms with Gasteiger partial charge in [0.15, 0.2) is 0 Å². The van der Waals surface area contributed by atoms with Crippen LogP contribution in [0.3, 0.4) is 0 Å². The quantitative estimate of drug-likeness (QED) is 0.821. The highest BCUT2D eigenvalue weighted by Crippen LogP contribution is 2.16. The van der Waals surface area contributed by atoms with E-state index in [0.29, 0.717) is 12.6 Å². The Morgan fingerprint density at radius 1 is 1.53 bits per heavy atom. The standard InChI is InChI=1S/C13H19N3O/c1-10-8-12(4-7-15-10)13(17)16-9-11-2-5-14-6-3-11/h2-3,5-6,10,12,15H,4,7-9H2,1H3,(H,16,17). The van der Waals surface area contributed by atoms with Crippen molar-refractivity contribution in [1.29, 1.82) is 0 Å². The van der Waals surface area contributed by atoms with Crippen LogP contribution in [0.1, 0.15) is 25.3 Å². The van der Waals surface area contributed by atoms with Crippen molar-refractivity contribution in [3.05, 3.63) is 30.1 Å². The Hall–Kier alpha value is -1.42. The summed E-state index contributed by atoms with van der Waals surface area (Å²) in [6, 6.07) is 4.29. The number of rotatable bonds is 3. The maximum atomic E-state index is 12.0. The third-order valence-electron chi connectivity index (χ3n) is 3.21. The molecule has 2 rings (SSSR count). The molecule has 1 aromatic heterocycles. The van der Waals surface area contributed by atoms with Crippen molar-refractivity contribution >= 4 is 5.91 Å². The Morgan fingerprint density at radius 3 is 3.00 bits per heavy atom. The van der Waals surface area contributed by atoms with Gasteiger partial charge in [0.05, 0.1) is 0 Å². The fraction of sp³-hybridized carbons (Fsp3) is 0.538. The predicted octanol–water partition coefficient (Wildman–Crippen LogP) is 1.09. The van der Waals surface area contributed by atoms with Crippen molar-refractivity contribution < 1.29 is 4.79 Å². The zero-order valence-corrected chi connectivity index (χ0v) is 10.1. The van der Waals surface area contributed by atoms with E-state index in [0.717, 1.165) is 24.9 Å². The van der Waals surface area contributed by atoms with Gasteiger partial charge in [-0.25, -0.2) is 0 Å². The maximum Gasteiger partial charge on any atom is 0.223 e. The monoisotopic (exact) mass is 233 g/mol. The van der Waals surface area contributed by atoms with Gasteiger partial charge in [-0.15, -0.1) is 0 Å². The Labute approximate surface area is 102 Å². The van der Waals surface area contributed by atoms with Crippen LogP contribution in [0.5, 0.6) is 0 Å². The number of hydrogen-bond donors (Lipinski definition) is 2. The Kier molecular flexibility index (Phi) is 4.09. The molecule has 2 unspecified atom stereocenters. The minimum Gasteiger partial charge on any atom is -0.352 e. The fourth-order valence-electron chi connectivity index (χ4n) is 2.20. The number of aromatic nitrogens is 1. The van der Waals surface area contributed by atoms with Crippen molar-refractivity contribution in [2.45, 2.75) is 32.4 Å². The van der Waals surface area contributed by atoms with Crippen LogP contribution in [-0.4, -0.2) is 23.5 Å². The van der Waals surface area contributed by atoms with Gasteiger partial charge in [0.2, 0.25) is 5.91 Å². The lowest BCUT2D eigenvalue weighted by molar-refractivity contribution is -0.126. The lowest BCUT2D eigenvalue weighted by Gasteiger charge is -2.27. The minimum atomic E-state index is 0.160. The van der Waals surface area contributed by atoms with Gasteiger partial charge in [0.1, 0.15) is 0 Å². The van der Waals surface area contributed by atoms with E-state index in [9.17, 15) is 4.79 Å². The highest BCUT2D eigenvalue weighted by Gasteiger charge is 2.24. The second-order valence-electron chi connectivity index (χ2n) is 4.65. The second kappa shape index (κ2) is 5.77. The number of piperidine rings is 1. The molecule has 1 aliphatic heterocycles. The second-order valence-corrected chi connectivity index (χ2v) is 4.65. The van der Waals surface area contributed by atoms with Gasteiger partial charge in [-0.05, 0) is 44.0 Å². The van der Waals surface area contributed by atoms with E-state index in [1.165, 1.54) is 0 Å². The van der Waals surface area contributed by atoms with E-state index in [-0.39, 0.29) is 11.8 Å². The topological polar surface area (TPSA) is 54.0 Å². The summed E-state index contributed by atoms with van der Waals surface area (Å²) >= 11 is 0. The van der Waals surface area contributed by atoms with Crippen molar-refractivity contribution in [3.63, 3.8) is 0 Å². The average Bonchev–Trinajstić information content (AvgIpc) is 2.37. The molecule has 0 aliphatic carbocycles. The van der Waals surface area contributed by atoms with Gasteiger partial charge in [0.25, 0.3) is 0 Å². The number of hydrogen-bond acceptors (Lipinski definition) is 3. The first kappa shape index (κ1) is 12.0. The predicted molar refractivity (Wildman–Crippen MR) is 66.3 cm³/mol. The first-order valence-electron chi connectivity index (χ1n) is 6.15. The Balaban J connectivity index is 1.81. The summed E-state index contributed by atoms with van der Waals surface area (Å²) in [5.41, 5.74) is 1.09. The summed E-state index contributed by atoms with van der Waals surface area (Å²) in [4.78, 5) is 15.9. The largest absolute Gasteiger partial charge is 0.352 e. The van der Waals surface area contributed by atoms with Gasteiger partial charge >= 0.3 is 0 Å². The molecule has 0 radical (unpaired) electrons. The first-order chi connectivity index (χ1) is 8.25. The number of pyridine rings is 1. The third kappa shape index (κ3) is 3.53. The number of carbonyl (C=O) groups is 1. The van der Waals surface area contributed by atoms with Gasteiger partial charge in [-0.1, -0.05) is 0 Å². The molecule has 1 aliphatic rings. The third-order valence-corrected chi connectivity index (χ3v) is 3.21. The lowest BCUT2D eigenvalue weighted by atomic mass is 9.92. The van der Waals surface area contributed by atoms with Crippen LogP contribution in [0.15, 0.2) is 24.5 Å². The summed E-state index contributed by atoms with van der Waals surface area (Å²) in [5, 5.41) is 6.35. The van der Waals surface area contributed by atoms with Crippen LogP contribution < -0.4 is 10.6 Å². The van der Waals surface area contributed by atoms with E-state index >= 15 is 0 Å². The van der Waals surface area contributed by atoms with Crippen LogP contribution in [0.4, 0.5) is 0 Å². The van der Waals surface area contributed by atoms with Crippen molar-refractivity contribution in [3.8, 4) is 0 Å². The molecule has 92 valence electrons. The molecular formula is C13H19N3O. The molecule has 0 aromatic carbocycles. The lowest BCUT2D eigenvalue weighted by Crippen LogP contribution is -2.42. The Morgan fingerprint density at radius 2 is 2.29 bits per heavy atom. The summed E-state index contributed by atoms with van der Waals surface area (Å²) in [5.74, 6) is 0.336. The zero-order chi connectivity index (χ0) is 12.1. The van der Waals surface area contributed by atoms with Crippen LogP contribution >= 0.6 is 0 Å². The minimum absolute atomic E-state index is 0.160. The molecule has 1 fully saturated rings. The summed E-state index contributed by atoms with van der Waals surface area (Å²) in [6.07, 6.45) is 5.36. The van der Waals surface area contributed by atoms with E-state index < -0.39 is 0 Å². The van der Waals surface area contributed by atoms with Crippen molar-refractivity contribution in [2.75, 3.05) is 6.54 Å². The van der Waals surface area contributed by atoms with Gasteiger partial charge < -0.3 is 10.6 Å². The van der Waals surface area contributed by atoms with E-state index in [1.54, 1.807) is 12.4 Å². The summed E-state index contributed by atoms with van der Waals surface area (Å²) < 4.78 is 0. The number of nitrogens with zero attached hydrogens (tertiary/aromatic N) is 1. The smallest absolute Gasteiger partial charge is 0.223 e. The number of amides is 1. The fourth-order valence-corrected chi connectivity index (χ4v) is 2.20. The molecule has 1 amide bonds. The van der Waals surface area contributed by atoms with Crippen LogP contribution in [0.25, 0.3) is 0 Å². The molecule has 1 aromatic rings. The van der Waals surface area contributed by atoms with E-state index in [2.05, 4.69) is 22.5 Å². The molecule has 2 atom stereocenters. The molecule has 0 saturated carbocycles. The number of carbonyl (C=O) groups excluding carboxylic acids is 1. The normalized spacial score (nSPS) is 24.3. The molecule has 2 heterocycles.